The van der Waals surface area contributed by atoms with E-state index in [9.17, 15) is 9.18 Å². The number of nitrogen functional groups attached to an aromatic ring is 1. The summed E-state index contributed by atoms with van der Waals surface area (Å²) in [6.07, 6.45) is 3.16. The van der Waals surface area contributed by atoms with Crippen molar-refractivity contribution in [3.05, 3.63) is 35.9 Å². The van der Waals surface area contributed by atoms with Crippen molar-refractivity contribution in [3.8, 4) is 23.2 Å². The van der Waals surface area contributed by atoms with Gasteiger partial charge in [-0.25, -0.2) is 19.3 Å². The van der Waals surface area contributed by atoms with E-state index in [-0.39, 0.29) is 23.4 Å². The predicted octanol–water partition coefficient (Wildman–Crippen LogP) is 2.75. The first-order valence-corrected chi connectivity index (χ1v) is 10.0. The van der Waals surface area contributed by atoms with Crippen LogP contribution < -0.4 is 5.73 Å². The van der Waals surface area contributed by atoms with Crippen LogP contribution in [0.25, 0.3) is 22.6 Å². The number of halogens is 1. The molecule has 0 radical (unpaired) electrons. The minimum absolute atomic E-state index is 0.158. The number of imidazole rings is 1. The van der Waals surface area contributed by atoms with E-state index >= 15 is 0 Å². The van der Waals surface area contributed by atoms with Gasteiger partial charge >= 0.3 is 0 Å². The maximum absolute atomic E-state index is 13.6. The average Bonchev–Trinajstić information content (AvgIpc) is 3.09. The van der Waals surface area contributed by atoms with Crippen molar-refractivity contribution in [3.63, 3.8) is 0 Å². The standard InChI is InChI=1S/C22H23FN6O/c1-3-14-9-11-29(12-10-14)18(30)8-7-17-25-20(24)19-22(26-17)28(2)21(27-19)15-5-4-6-16(23)13-15/h4-6,13-14H,3,9-12H2,1-2H3,(H2,24,25,26). The molecule has 0 atom stereocenters. The first-order chi connectivity index (χ1) is 14.5. The molecule has 2 N–H and O–H groups in total. The van der Waals surface area contributed by atoms with Gasteiger partial charge in [-0.2, -0.15) is 0 Å². The summed E-state index contributed by atoms with van der Waals surface area (Å²) >= 11 is 0. The minimum Gasteiger partial charge on any atom is -0.382 e. The van der Waals surface area contributed by atoms with Crippen LogP contribution in [0.5, 0.6) is 0 Å². The van der Waals surface area contributed by atoms with Crippen LogP contribution in [0.1, 0.15) is 32.0 Å². The summed E-state index contributed by atoms with van der Waals surface area (Å²) in [7, 11) is 1.77. The van der Waals surface area contributed by atoms with Gasteiger partial charge in [0.15, 0.2) is 17.0 Å². The first-order valence-electron chi connectivity index (χ1n) is 10.0. The molecule has 30 heavy (non-hydrogen) atoms. The third-order valence-corrected chi connectivity index (χ3v) is 5.59. The monoisotopic (exact) mass is 406 g/mol. The molecule has 3 heterocycles. The Labute approximate surface area is 174 Å². The molecule has 8 heteroatoms. The summed E-state index contributed by atoms with van der Waals surface area (Å²) in [5.41, 5.74) is 7.55. The third kappa shape index (κ3) is 3.83. The Morgan fingerprint density at radius 2 is 2.03 bits per heavy atom. The maximum atomic E-state index is 13.6. The Bertz CT molecular complexity index is 1170. The number of piperidine rings is 1. The van der Waals surface area contributed by atoms with E-state index in [0.29, 0.717) is 28.5 Å². The zero-order valence-electron chi connectivity index (χ0n) is 17.0. The second-order valence-corrected chi connectivity index (χ2v) is 7.50. The first kappa shape index (κ1) is 19.8. The predicted molar refractivity (Wildman–Crippen MR) is 113 cm³/mol. The number of fused-ring (bicyclic) bond motifs is 1. The number of hydrogen-bond acceptors (Lipinski definition) is 5. The molecule has 1 fully saturated rings. The number of rotatable bonds is 2. The molecule has 1 saturated heterocycles. The normalized spacial score (nSPS) is 14.6. The summed E-state index contributed by atoms with van der Waals surface area (Å²) < 4.78 is 15.3. The third-order valence-electron chi connectivity index (χ3n) is 5.59. The average molecular weight is 406 g/mol. The topological polar surface area (TPSA) is 89.9 Å². The summed E-state index contributed by atoms with van der Waals surface area (Å²) in [5.74, 6) is 6.32. The highest BCUT2D eigenvalue weighted by atomic mass is 19.1. The molecule has 154 valence electrons. The number of benzene rings is 1. The molecule has 3 aromatic rings. The maximum Gasteiger partial charge on any atom is 0.298 e. The Kier molecular flexibility index (Phi) is 5.36. The molecule has 2 aromatic heterocycles. The molecule has 0 bridgehead atoms. The molecule has 1 amide bonds. The van der Waals surface area contributed by atoms with Crippen LogP contribution in [0.4, 0.5) is 10.2 Å². The van der Waals surface area contributed by atoms with Crippen molar-refractivity contribution >= 4 is 22.9 Å². The SMILES string of the molecule is CCC1CCN(C(=O)C#Cc2nc(N)c3nc(-c4cccc(F)c4)n(C)c3n2)CC1. The Balaban J connectivity index is 1.62. The minimum atomic E-state index is -0.355. The molecule has 4 rings (SSSR count). The fourth-order valence-corrected chi connectivity index (χ4v) is 3.76. The van der Waals surface area contributed by atoms with E-state index in [1.165, 1.54) is 12.1 Å². The van der Waals surface area contributed by atoms with E-state index in [4.69, 9.17) is 5.73 Å². The molecule has 0 spiro atoms. The molecule has 1 aromatic carbocycles. The highest BCUT2D eigenvalue weighted by molar-refractivity contribution is 5.94. The highest BCUT2D eigenvalue weighted by Gasteiger charge is 2.21. The molecule has 1 aliphatic heterocycles. The number of nitrogens with two attached hydrogens (primary N) is 1. The van der Waals surface area contributed by atoms with Gasteiger partial charge in [-0.1, -0.05) is 25.5 Å². The van der Waals surface area contributed by atoms with Crippen LogP contribution in [0, 0.1) is 23.6 Å². The van der Waals surface area contributed by atoms with E-state index in [2.05, 4.69) is 33.7 Å². The van der Waals surface area contributed by atoms with Crippen LogP contribution in [-0.2, 0) is 11.8 Å². The molecule has 7 nitrogen and oxygen atoms in total. The van der Waals surface area contributed by atoms with Gasteiger partial charge in [0.2, 0.25) is 5.82 Å². The smallest absolute Gasteiger partial charge is 0.298 e. The van der Waals surface area contributed by atoms with Crippen LogP contribution in [0.2, 0.25) is 0 Å². The van der Waals surface area contributed by atoms with E-state index < -0.39 is 0 Å². The van der Waals surface area contributed by atoms with Gasteiger partial charge in [-0.3, -0.25) is 4.79 Å². The number of anilines is 1. The fourth-order valence-electron chi connectivity index (χ4n) is 3.76. The summed E-state index contributed by atoms with van der Waals surface area (Å²) in [6, 6.07) is 6.14. The lowest BCUT2D eigenvalue weighted by Gasteiger charge is -2.29. The number of amides is 1. The Morgan fingerprint density at radius 1 is 1.27 bits per heavy atom. The van der Waals surface area contributed by atoms with Crippen LogP contribution in [0.3, 0.4) is 0 Å². The largest absolute Gasteiger partial charge is 0.382 e. The van der Waals surface area contributed by atoms with E-state index in [1.807, 2.05) is 0 Å². The van der Waals surface area contributed by atoms with Gasteiger partial charge in [-0.05, 0) is 36.8 Å². The van der Waals surface area contributed by atoms with Crippen molar-refractivity contribution in [2.24, 2.45) is 13.0 Å². The second-order valence-electron chi connectivity index (χ2n) is 7.50. The zero-order chi connectivity index (χ0) is 21.3. The van der Waals surface area contributed by atoms with Gasteiger partial charge in [0, 0.05) is 31.6 Å². The molecule has 0 aliphatic carbocycles. The molecule has 1 aliphatic rings. The summed E-state index contributed by atoms with van der Waals surface area (Å²) in [4.78, 5) is 27.3. The zero-order valence-corrected chi connectivity index (χ0v) is 17.0. The quantitative estimate of drug-likeness (QED) is 0.661. The lowest BCUT2D eigenvalue weighted by Crippen LogP contribution is -2.37. The number of carbonyl (C=O) groups is 1. The lowest BCUT2D eigenvalue weighted by atomic mass is 9.94. The number of hydrogen-bond donors (Lipinski definition) is 1. The lowest BCUT2D eigenvalue weighted by molar-refractivity contribution is -0.126. The molecular formula is C22H23FN6O. The number of likely N-dealkylation sites (tertiary alicyclic amines) is 1. The van der Waals surface area contributed by atoms with Crippen molar-refractivity contribution in [1.29, 1.82) is 0 Å². The molecule has 0 saturated carbocycles. The van der Waals surface area contributed by atoms with Crippen LogP contribution in [-0.4, -0.2) is 43.4 Å². The Hall–Kier alpha value is -3.47. The second kappa shape index (κ2) is 8.11. The van der Waals surface area contributed by atoms with Gasteiger partial charge in [0.05, 0.1) is 0 Å². The fraction of sp³-hybridized carbons (Fsp3) is 0.364. The van der Waals surface area contributed by atoms with Crippen molar-refractivity contribution in [2.75, 3.05) is 18.8 Å². The van der Waals surface area contributed by atoms with Gasteiger partial charge < -0.3 is 15.2 Å². The summed E-state index contributed by atoms with van der Waals surface area (Å²) in [5, 5.41) is 0. The molecule has 0 unspecified atom stereocenters. The van der Waals surface area contributed by atoms with Crippen molar-refractivity contribution in [1.82, 2.24) is 24.4 Å². The van der Waals surface area contributed by atoms with Crippen LogP contribution >= 0.6 is 0 Å². The molecular weight excluding hydrogens is 383 g/mol. The van der Waals surface area contributed by atoms with Crippen molar-refractivity contribution in [2.45, 2.75) is 26.2 Å². The van der Waals surface area contributed by atoms with Crippen molar-refractivity contribution < 1.29 is 9.18 Å². The van der Waals surface area contributed by atoms with E-state index in [1.54, 1.807) is 28.6 Å². The number of carbonyl (C=O) groups excluding carboxylic acids is 1. The van der Waals surface area contributed by atoms with Gasteiger partial charge in [-0.15, -0.1) is 0 Å². The number of aryl methyl sites for hydroxylation is 1. The van der Waals surface area contributed by atoms with Gasteiger partial charge in [0.25, 0.3) is 5.91 Å². The number of aromatic nitrogens is 4. The van der Waals surface area contributed by atoms with Crippen LogP contribution in [0.15, 0.2) is 24.3 Å². The summed E-state index contributed by atoms with van der Waals surface area (Å²) in [6.45, 7) is 3.64. The Morgan fingerprint density at radius 3 is 2.73 bits per heavy atom. The van der Waals surface area contributed by atoms with Gasteiger partial charge in [0.1, 0.15) is 11.6 Å². The number of nitrogens with zero attached hydrogens (tertiary/aromatic N) is 5. The van der Waals surface area contributed by atoms with E-state index in [0.717, 1.165) is 32.4 Å². The highest BCUT2D eigenvalue weighted by Crippen LogP contribution is 2.25.